The molecular weight excluding hydrogens is 272 g/mol. The molecule has 2 aromatic carbocycles. The van der Waals surface area contributed by atoms with Crippen molar-refractivity contribution in [3.63, 3.8) is 0 Å². The molecule has 1 aliphatic rings. The van der Waals surface area contributed by atoms with Gasteiger partial charge in [-0.25, -0.2) is 4.79 Å². The number of aromatic carboxylic acids is 1. The summed E-state index contributed by atoms with van der Waals surface area (Å²) in [6, 6.07) is 8.92. The number of carbonyl (C=O) groups is 2. The highest BCUT2D eigenvalue weighted by Gasteiger charge is 2.24. The van der Waals surface area contributed by atoms with E-state index >= 15 is 0 Å². The number of carbonyl (C=O) groups excluding carboxylic acids is 1. The molecule has 1 atom stereocenters. The maximum Gasteiger partial charge on any atom is 0.336 e. The molecule has 2 aromatic rings. The van der Waals surface area contributed by atoms with Crippen LogP contribution in [-0.2, 0) is 9.53 Å². The molecule has 0 fully saturated rings. The van der Waals surface area contributed by atoms with Crippen molar-refractivity contribution in [3.05, 3.63) is 47.5 Å². The second-order valence-corrected chi connectivity index (χ2v) is 4.65. The van der Waals surface area contributed by atoms with Gasteiger partial charge in [-0.1, -0.05) is 24.3 Å². The molecule has 0 amide bonds. The van der Waals surface area contributed by atoms with E-state index in [2.05, 4.69) is 0 Å². The molecule has 5 nitrogen and oxygen atoms in total. The zero-order valence-electron chi connectivity index (χ0n) is 11.2. The van der Waals surface area contributed by atoms with Crippen molar-refractivity contribution in [3.8, 4) is 5.75 Å². The molecule has 1 aliphatic heterocycles. The lowest BCUT2D eigenvalue weighted by molar-refractivity contribution is -0.155. The maximum absolute atomic E-state index is 11.4. The number of benzene rings is 2. The normalized spacial score (nSPS) is 16.1. The van der Waals surface area contributed by atoms with Crippen molar-refractivity contribution in [2.45, 2.75) is 13.2 Å². The van der Waals surface area contributed by atoms with E-state index in [1.807, 2.05) is 24.3 Å². The standard InChI is InChI=1S/C16H12O5/c1-9(17)20-14-7-6-12-13(16(18)19)8-10-4-2-3-5-11(10)15(12)21-14/h2-8,14H,1H3,(H,18,19). The van der Waals surface area contributed by atoms with Gasteiger partial charge in [0.05, 0.1) is 5.56 Å². The van der Waals surface area contributed by atoms with Crippen molar-refractivity contribution in [1.29, 1.82) is 0 Å². The van der Waals surface area contributed by atoms with Crippen molar-refractivity contribution in [1.82, 2.24) is 0 Å². The summed E-state index contributed by atoms with van der Waals surface area (Å²) in [5.74, 6) is -1.08. The van der Waals surface area contributed by atoms with Gasteiger partial charge in [-0.15, -0.1) is 0 Å². The summed E-state index contributed by atoms with van der Waals surface area (Å²) < 4.78 is 10.7. The van der Waals surface area contributed by atoms with Gasteiger partial charge >= 0.3 is 11.9 Å². The van der Waals surface area contributed by atoms with Crippen LogP contribution in [0.4, 0.5) is 0 Å². The van der Waals surface area contributed by atoms with Gasteiger partial charge in [0.15, 0.2) is 0 Å². The Hall–Kier alpha value is -2.82. The third-order valence-electron chi connectivity index (χ3n) is 3.21. The van der Waals surface area contributed by atoms with E-state index in [0.29, 0.717) is 11.3 Å². The van der Waals surface area contributed by atoms with Crippen molar-refractivity contribution < 1.29 is 24.2 Å². The average molecular weight is 284 g/mol. The van der Waals surface area contributed by atoms with Crippen LogP contribution in [0.5, 0.6) is 5.75 Å². The lowest BCUT2D eigenvalue weighted by Crippen LogP contribution is -2.23. The van der Waals surface area contributed by atoms with Crippen LogP contribution in [0.2, 0.25) is 0 Å². The van der Waals surface area contributed by atoms with Gasteiger partial charge in [-0.2, -0.15) is 0 Å². The van der Waals surface area contributed by atoms with Crippen LogP contribution in [-0.4, -0.2) is 23.3 Å². The number of esters is 1. The molecule has 3 rings (SSSR count). The zero-order chi connectivity index (χ0) is 15.0. The molecular formula is C16H12O5. The van der Waals surface area contributed by atoms with Crippen molar-refractivity contribution in [2.75, 3.05) is 0 Å². The fourth-order valence-corrected chi connectivity index (χ4v) is 2.36. The Labute approximate surface area is 120 Å². The molecule has 0 aliphatic carbocycles. The molecule has 0 spiro atoms. The Kier molecular flexibility index (Phi) is 3.10. The molecule has 0 saturated carbocycles. The fraction of sp³-hybridized carbons (Fsp3) is 0.125. The Morgan fingerprint density at radius 3 is 2.76 bits per heavy atom. The predicted octanol–water partition coefficient (Wildman–Crippen LogP) is 2.83. The molecule has 1 unspecified atom stereocenters. The van der Waals surface area contributed by atoms with Gasteiger partial charge in [0.2, 0.25) is 0 Å². The Balaban J connectivity index is 2.20. The fourth-order valence-electron chi connectivity index (χ4n) is 2.36. The topological polar surface area (TPSA) is 72.8 Å². The van der Waals surface area contributed by atoms with E-state index < -0.39 is 18.2 Å². The third-order valence-corrected chi connectivity index (χ3v) is 3.21. The largest absolute Gasteiger partial charge is 0.478 e. The van der Waals surface area contributed by atoms with E-state index in [4.69, 9.17) is 9.47 Å². The van der Waals surface area contributed by atoms with Gasteiger partial charge in [-0.3, -0.25) is 4.79 Å². The van der Waals surface area contributed by atoms with Crippen LogP contribution in [0.25, 0.3) is 16.8 Å². The van der Waals surface area contributed by atoms with E-state index in [0.717, 1.165) is 10.8 Å². The summed E-state index contributed by atoms with van der Waals surface area (Å²) >= 11 is 0. The minimum absolute atomic E-state index is 0.154. The molecule has 1 N–H and O–H groups in total. The highest BCUT2D eigenvalue weighted by atomic mass is 16.7. The highest BCUT2D eigenvalue weighted by molar-refractivity contribution is 6.03. The molecule has 0 radical (unpaired) electrons. The second-order valence-electron chi connectivity index (χ2n) is 4.65. The summed E-state index contributed by atoms with van der Waals surface area (Å²) in [4.78, 5) is 22.4. The first-order valence-corrected chi connectivity index (χ1v) is 6.37. The monoisotopic (exact) mass is 284 g/mol. The predicted molar refractivity (Wildman–Crippen MR) is 76.1 cm³/mol. The lowest BCUT2D eigenvalue weighted by atomic mass is 9.97. The highest BCUT2D eigenvalue weighted by Crippen LogP contribution is 2.37. The third kappa shape index (κ3) is 2.33. The quantitative estimate of drug-likeness (QED) is 0.858. The van der Waals surface area contributed by atoms with E-state index in [9.17, 15) is 14.7 Å². The van der Waals surface area contributed by atoms with Crippen molar-refractivity contribution in [2.24, 2.45) is 0 Å². The first-order valence-electron chi connectivity index (χ1n) is 6.37. The molecule has 0 aromatic heterocycles. The van der Waals surface area contributed by atoms with Gasteiger partial charge < -0.3 is 14.6 Å². The first kappa shape index (κ1) is 13.2. The summed E-state index contributed by atoms with van der Waals surface area (Å²) in [7, 11) is 0. The number of carboxylic acids is 1. The number of rotatable bonds is 2. The van der Waals surface area contributed by atoms with Crippen molar-refractivity contribution >= 4 is 28.8 Å². The summed E-state index contributed by atoms with van der Waals surface area (Å²) in [5.41, 5.74) is 0.630. The van der Waals surface area contributed by atoms with Crippen LogP contribution in [0.3, 0.4) is 0 Å². The smallest absolute Gasteiger partial charge is 0.336 e. The van der Waals surface area contributed by atoms with Crippen LogP contribution in [0.1, 0.15) is 22.8 Å². The Morgan fingerprint density at radius 1 is 1.29 bits per heavy atom. The minimum atomic E-state index is -1.03. The Bertz CT molecular complexity index is 776. The number of hydrogen-bond acceptors (Lipinski definition) is 4. The number of ether oxygens (including phenoxy) is 2. The van der Waals surface area contributed by atoms with Gasteiger partial charge in [-0.05, 0) is 23.6 Å². The Morgan fingerprint density at radius 2 is 2.05 bits per heavy atom. The molecule has 0 saturated heterocycles. The molecule has 0 bridgehead atoms. The minimum Gasteiger partial charge on any atom is -0.478 e. The van der Waals surface area contributed by atoms with Gasteiger partial charge in [0.1, 0.15) is 5.75 Å². The molecule has 21 heavy (non-hydrogen) atoms. The summed E-state index contributed by atoms with van der Waals surface area (Å²) in [6.07, 6.45) is 2.29. The maximum atomic E-state index is 11.4. The summed E-state index contributed by atoms with van der Waals surface area (Å²) in [5, 5.41) is 10.9. The van der Waals surface area contributed by atoms with E-state index in [-0.39, 0.29) is 5.56 Å². The average Bonchev–Trinajstić information content (AvgIpc) is 2.45. The van der Waals surface area contributed by atoms with Gasteiger partial charge in [0, 0.05) is 17.9 Å². The number of fused-ring (bicyclic) bond motifs is 3. The second kappa shape index (κ2) is 4.94. The first-order chi connectivity index (χ1) is 10.1. The lowest BCUT2D eigenvalue weighted by Gasteiger charge is -2.23. The number of carboxylic acid groups (broad SMARTS) is 1. The van der Waals surface area contributed by atoms with Crippen LogP contribution in [0, 0.1) is 0 Å². The van der Waals surface area contributed by atoms with Crippen LogP contribution >= 0.6 is 0 Å². The molecule has 1 heterocycles. The zero-order valence-corrected chi connectivity index (χ0v) is 11.2. The van der Waals surface area contributed by atoms with E-state index in [1.165, 1.54) is 13.0 Å². The number of hydrogen-bond donors (Lipinski definition) is 1. The van der Waals surface area contributed by atoms with Crippen LogP contribution in [0.15, 0.2) is 36.4 Å². The van der Waals surface area contributed by atoms with E-state index in [1.54, 1.807) is 12.1 Å². The van der Waals surface area contributed by atoms with Crippen LogP contribution < -0.4 is 4.74 Å². The SMILES string of the molecule is CC(=O)OC1C=Cc2c(C(=O)O)cc3ccccc3c2O1. The summed E-state index contributed by atoms with van der Waals surface area (Å²) in [6.45, 7) is 1.29. The molecule has 5 heteroatoms. The van der Waals surface area contributed by atoms with Gasteiger partial charge in [0.25, 0.3) is 6.29 Å². The molecule has 106 valence electrons.